The summed E-state index contributed by atoms with van der Waals surface area (Å²) in [5, 5.41) is 0. The summed E-state index contributed by atoms with van der Waals surface area (Å²) in [6.45, 7) is 2.47. The van der Waals surface area contributed by atoms with Gasteiger partial charge in [-0.3, -0.25) is 0 Å². The van der Waals surface area contributed by atoms with E-state index in [0.29, 0.717) is 18.3 Å². The Morgan fingerprint density at radius 3 is 2.39 bits per heavy atom. The predicted molar refractivity (Wildman–Crippen MR) is 87.6 cm³/mol. The molecule has 1 aromatic heterocycles. The summed E-state index contributed by atoms with van der Waals surface area (Å²) in [6.07, 6.45) is 0.776. The number of nitrogens with zero attached hydrogens (tertiary/aromatic N) is 2. The average molecular weight is 308 g/mol. The highest BCUT2D eigenvalue weighted by molar-refractivity contribution is 5.55. The van der Waals surface area contributed by atoms with Crippen molar-refractivity contribution >= 4 is 0 Å². The Hall–Kier alpha value is -2.75. The number of aromatic nitrogens is 2. The van der Waals surface area contributed by atoms with Crippen molar-refractivity contribution in [1.29, 1.82) is 0 Å². The molecule has 0 aliphatic rings. The molecule has 1 heterocycles. The standard InChI is InChI=1S/C19H17FN2O/c1-2-17-12-18(23-13-14-6-4-3-5-7-14)22-19(21-17)15-8-10-16(20)11-9-15/h3-12H,2,13H2,1H3. The topological polar surface area (TPSA) is 35.0 Å². The Morgan fingerprint density at radius 1 is 0.957 bits per heavy atom. The zero-order valence-electron chi connectivity index (χ0n) is 12.9. The molecule has 0 bridgehead atoms. The van der Waals surface area contributed by atoms with Crippen LogP contribution in [0.3, 0.4) is 0 Å². The molecule has 0 aliphatic carbocycles. The zero-order valence-corrected chi connectivity index (χ0v) is 12.9. The minimum atomic E-state index is -0.277. The Balaban J connectivity index is 1.85. The van der Waals surface area contributed by atoms with E-state index in [1.165, 1.54) is 12.1 Å². The minimum Gasteiger partial charge on any atom is -0.473 e. The third kappa shape index (κ3) is 3.92. The van der Waals surface area contributed by atoms with Gasteiger partial charge in [0.1, 0.15) is 12.4 Å². The van der Waals surface area contributed by atoms with Crippen molar-refractivity contribution in [1.82, 2.24) is 9.97 Å². The van der Waals surface area contributed by atoms with Crippen LogP contribution in [0.25, 0.3) is 11.4 Å². The third-order valence-electron chi connectivity index (χ3n) is 3.45. The molecule has 0 amide bonds. The van der Waals surface area contributed by atoms with Gasteiger partial charge in [-0.05, 0) is 36.2 Å². The molecule has 0 unspecified atom stereocenters. The molecular formula is C19H17FN2O. The summed E-state index contributed by atoms with van der Waals surface area (Å²) in [5.74, 6) is 0.799. The van der Waals surface area contributed by atoms with Crippen LogP contribution in [0.2, 0.25) is 0 Å². The fourth-order valence-corrected chi connectivity index (χ4v) is 2.19. The van der Waals surface area contributed by atoms with Gasteiger partial charge in [0, 0.05) is 17.3 Å². The lowest BCUT2D eigenvalue weighted by molar-refractivity contribution is 0.293. The van der Waals surface area contributed by atoms with Crippen LogP contribution < -0.4 is 4.74 Å². The summed E-state index contributed by atoms with van der Waals surface area (Å²) in [6, 6.07) is 17.9. The highest BCUT2D eigenvalue weighted by Gasteiger charge is 2.08. The predicted octanol–water partition coefficient (Wildman–Crippen LogP) is 4.42. The molecule has 3 nitrogen and oxygen atoms in total. The Morgan fingerprint density at radius 2 is 1.70 bits per heavy atom. The van der Waals surface area contributed by atoms with Crippen LogP contribution in [0, 0.1) is 5.82 Å². The van der Waals surface area contributed by atoms with Gasteiger partial charge in [-0.1, -0.05) is 37.3 Å². The van der Waals surface area contributed by atoms with E-state index in [4.69, 9.17) is 4.74 Å². The van der Waals surface area contributed by atoms with Gasteiger partial charge >= 0.3 is 0 Å². The van der Waals surface area contributed by atoms with Gasteiger partial charge in [0.05, 0.1) is 0 Å². The van der Waals surface area contributed by atoms with E-state index in [-0.39, 0.29) is 5.82 Å². The van der Waals surface area contributed by atoms with Crippen LogP contribution in [-0.4, -0.2) is 9.97 Å². The van der Waals surface area contributed by atoms with E-state index in [9.17, 15) is 4.39 Å². The van der Waals surface area contributed by atoms with Crippen molar-refractivity contribution in [3.05, 3.63) is 77.7 Å². The lowest BCUT2D eigenvalue weighted by atomic mass is 10.2. The quantitative estimate of drug-likeness (QED) is 0.699. The number of halogens is 1. The Kier molecular flexibility index (Phi) is 4.62. The van der Waals surface area contributed by atoms with E-state index in [1.54, 1.807) is 12.1 Å². The molecule has 4 heteroatoms. The van der Waals surface area contributed by atoms with Crippen molar-refractivity contribution in [2.75, 3.05) is 0 Å². The van der Waals surface area contributed by atoms with Crippen molar-refractivity contribution in [3.8, 4) is 17.3 Å². The number of hydrogen-bond acceptors (Lipinski definition) is 3. The lowest BCUT2D eigenvalue weighted by Crippen LogP contribution is -2.01. The fourth-order valence-electron chi connectivity index (χ4n) is 2.19. The van der Waals surface area contributed by atoms with Crippen LogP contribution in [-0.2, 0) is 13.0 Å². The second kappa shape index (κ2) is 7.01. The van der Waals surface area contributed by atoms with Gasteiger partial charge in [0.15, 0.2) is 5.82 Å². The molecule has 0 atom stereocenters. The maximum absolute atomic E-state index is 13.1. The van der Waals surface area contributed by atoms with E-state index in [0.717, 1.165) is 23.2 Å². The van der Waals surface area contributed by atoms with E-state index < -0.39 is 0 Å². The monoisotopic (exact) mass is 308 g/mol. The molecule has 0 saturated carbocycles. The fraction of sp³-hybridized carbons (Fsp3) is 0.158. The molecule has 0 fully saturated rings. The van der Waals surface area contributed by atoms with E-state index in [2.05, 4.69) is 9.97 Å². The zero-order chi connectivity index (χ0) is 16.1. The minimum absolute atomic E-state index is 0.277. The number of rotatable bonds is 5. The molecular weight excluding hydrogens is 291 g/mol. The average Bonchev–Trinajstić information content (AvgIpc) is 2.61. The summed E-state index contributed by atoms with van der Waals surface area (Å²) in [7, 11) is 0. The molecule has 23 heavy (non-hydrogen) atoms. The second-order valence-corrected chi connectivity index (χ2v) is 5.16. The normalized spacial score (nSPS) is 10.5. The van der Waals surface area contributed by atoms with E-state index >= 15 is 0 Å². The SMILES string of the molecule is CCc1cc(OCc2ccccc2)nc(-c2ccc(F)cc2)n1. The molecule has 0 aliphatic heterocycles. The Labute approximate surface area is 134 Å². The van der Waals surface area contributed by atoms with Crippen LogP contribution in [0.5, 0.6) is 5.88 Å². The molecule has 0 radical (unpaired) electrons. The van der Waals surface area contributed by atoms with Gasteiger partial charge in [0.2, 0.25) is 5.88 Å². The summed E-state index contributed by atoms with van der Waals surface area (Å²) in [5.41, 5.74) is 2.74. The van der Waals surface area contributed by atoms with E-state index in [1.807, 2.05) is 43.3 Å². The van der Waals surface area contributed by atoms with Crippen molar-refractivity contribution in [2.45, 2.75) is 20.0 Å². The molecule has 0 N–H and O–H groups in total. The first-order valence-electron chi connectivity index (χ1n) is 7.55. The first-order chi connectivity index (χ1) is 11.2. The van der Waals surface area contributed by atoms with Gasteiger partial charge in [-0.25, -0.2) is 9.37 Å². The van der Waals surface area contributed by atoms with Gasteiger partial charge in [-0.2, -0.15) is 4.98 Å². The first kappa shape index (κ1) is 15.2. The summed E-state index contributed by atoms with van der Waals surface area (Å²) < 4.78 is 18.9. The van der Waals surface area contributed by atoms with Crippen LogP contribution in [0.1, 0.15) is 18.2 Å². The molecule has 3 aromatic rings. The van der Waals surface area contributed by atoms with Gasteiger partial charge < -0.3 is 4.74 Å². The Bertz CT molecular complexity index is 773. The molecule has 3 rings (SSSR count). The maximum atomic E-state index is 13.1. The maximum Gasteiger partial charge on any atom is 0.217 e. The summed E-state index contributed by atoms with van der Waals surface area (Å²) in [4.78, 5) is 8.93. The largest absolute Gasteiger partial charge is 0.473 e. The number of hydrogen-bond donors (Lipinski definition) is 0. The second-order valence-electron chi connectivity index (χ2n) is 5.16. The third-order valence-corrected chi connectivity index (χ3v) is 3.45. The molecule has 0 spiro atoms. The van der Waals surface area contributed by atoms with Gasteiger partial charge in [0.25, 0.3) is 0 Å². The van der Waals surface area contributed by atoms with Crippen molar-refractivity contribution in [3.63, 3.8) is 0 Å². The molecule has 116 valence electrons. The first-order valence-corrected chi connectivity index (χ1v) is 7.55. The highest BCUT2D eigenvalue weighted by atomic mass is 19.1. The van der Waals surface area contributed by atoms with Crippen molar-refractivity contribution in [2.24, 2.45) is 0 Å². The van der Waals surface area contributed by atoms with Crippen LogP contribution in [0.4, 0.5) is 4.39 Å². The lowest BCUT2D eigenvalue weighted by Gasteiger charge is -2.09. The molecule has 0 saturated heterocycles. The van der Waals surface area contributed by atoms with Gasteiger partial charge in [-0.15, -0.1) is 0 Å². The number of benzene rings is 2. The summed E-state index contributed by atoms with van der Waals surface area (Å²) >= 11 is 0. The highest BCUT2D eigenvalue weighted by Crippen LogP contribution is 2.20. The smallest absolute Gasteiger partial charge is 0.217 e. The number of aryl methyl sites for hydroxylation is 1. The van der Waals surface area contributed by atoms with Crippen molar-refractivity contribution < 1.29 is 9.13 Å². The van der Waals surface area contributed by atoms with Crippen LogP contribution >= 0.6 is 0 Å². The molecule has 2 aromatic carbocycles. The number of ether oxygens (including phenoxy) is 1. The van der Waals surface area contributed by atoms with Crippen LogP contribution in [0.15, 0.2) is 60.7 Å².